The van der Waals surface area contributed by atoms with Gasteiger partial charge < -0.3 is 10.5 Å². The third kappa shape index (κ3) is 7.43. The zero-order chi connectivity index (χ0) is 12.8. The first-order valence-electron chi connectivity index (χ1n) is 4.97. The van der Waals surface area contributed by atoms with E-state index in [1.165, 1.54) is 0 Å². The molecule has 1 unspecified atom stereocenters. The highest BCUT2D eigenvalue weighted by Gasteiger charge is 2.18. The molecule has 0 heterocycles. The van der Waals surface area contributed by atoms with Gasteiger partial charge in [0.05, 0.1) is 6.10 Å². The van der Waals surface area contributed by atoms with Gasteiger partial charge in [0.2, 0.25) is 0 Å². The number of amides is 1. The molecular formula is C8H19N3O4S. The lowest BCUT2D eigenvalue weighted by Gasteiger charge is -2.14. The average Bonchev–Trinajstić information content (AvgIpc) is 1.98. The lowest BCUT2D eigenvalue weighted by atomic mass is 10.3. The van der Waals surface area contributed by atoms with Gasteiger partial charge in [0.25, 0.3) is 0 Å². The molecule has 0 aliphatic heterocycles. The van der Waals surface area contributed by atoms with Gasteiger partial charge in [0, 0.05) is 6.04 Å². The van der Waals surface area contributed by atoms with E-state index in [0.717, 1.165) is 0 Å². The van der Waals surface area contributed by atoms with Gasteiger partial charge in [-0.05, 0) is 33.7 Å². The maximum atomic E-state index is 11.3. The van der Waals surface area contributed by atoms with Crippen LogP contribution >= 0.6 is 0 Å². The minimum atomic E-state index is -3.88. The molecule has 1 amide bonds. The second-order valence-corrected chi connectivity index (χ2v) is 5.10. The molecule has 0 fully saturated rings. The number of ether oxygens (including phenoxy) is 1. The molecule has 0 aromatic rings. The molecular weight excluding hydrogens is 234 g/mol. The Morgan fingerprint density at radius 1 is 1.38 bits per heavy atom. The Labute approximate surface area is 95.9 Å². The van der Waals surface area contributed by atoms with Gasteiger partial charge >= 0.3 is 16.3 Å². The fourth-order valence-corrected chi connectivity index (χ4v) is 1.93. The molecule has 16 heavy (non-hydrogen) atoms. The summed E-state index contributed by atoms with van der Waals surface area (Å²) in [6.07, 6.45) is -0.890. The number of nitrogens with one attached hydrogen (secondary N) is 2. The van der Waals surface area contributed by atoms with E-state index in [0.29, 0.717) is 13.0 Å². The molecule has 0 aromatic heterocycles. The molecule has 0 saturated carbocycles. The Hall–Kier alpha value is -0.860. The molecule has 0 aromatic carbocycles. The van der Waals surface area contributed by atoms with Crippen LogP contribution in [-0.4, -0.2) is 33.2 Å². The van der Waals surface area contributed by atoms with E-state index in [4.69, 9.17) is 5.73 Å². The standard InChI is InChI=1S/C8H19N3O4S/c1-6(2)15-8(12)11-16(13,14)10-7(3)4-5-9/h6-7,10H,4-5,9H2,1-3H3,(H,11,12). The van der Waals surface area contributed by atoms with Crippen molar-refractivity contribution >= 4 is 16.3 Å². The lowest BCUT2D eigenvalue weighted by Crippen LogP contribution is -2.45. The van der Waals surface area contributed by atoms with E-state index in [1.54, 1.807) is 25.5 Å². The third-order valence-corrected chi connectivity index (χ3v) is 2.66. The van der Waals surface area contributed by atoms with Crippen molar-refractivity contribution in [2.24, 2.45) is 5.73 Å². The summed E-state index contributed by atoms with van der Waals surface area (Å²) in [6.45, 7) is 5.26. The molecule has 8 heteroatoms. The topological polar surface area (TPSA) is 111 Å². The average molecular weight is 253 g/mol. The quantitative estimate of drug-likeness (QED) is 0.601. The Morgan fingerprint density at radius 3 is 2.38 bits per heavy atom. The van der Waals surface area contributed by atoms with E-state index in [2.05, 4.69) is 9.46 Å². The van der Waals surface area contributed by atoms with Gasteiger partial charge in [0.1, 0.15) is 0 Å². The molecule has 0 spiro atoms. The van der Waals surface area contributed by atoms with Crippen molar-refractivity contribution in [1.29, 1.82) is 0 Å². The Bertz CT molecular complexity index is 315. The summed E-state index contributed by atoms with van der Waals surface area (Å²) in [5.74, 6) is 0. The minimum Gasteiger partial charge on any atom is -0.446 e. The van der Waals surface area contributed by atoms with Crippen LogP contribution < -0.4 is 15.2 Å². The number of carbonyl (C=O) groups is 1. The number of carbonyl (C=O) groups excluding carboxylic acids is 1. The van der Waals surface area contributed by atoms with E-state index in [-0.39, 0.29) is 12.1 Å². The SMILES string of the molecule is CC(CCN)NS(=O)(=O)NC(=O)OC(C)C. The molecule has 0 aliphatic carbocycles. The summed E-state index contributed by atoms with van der Waals surface area (Å²) in [5, 5.41) is 0. The highest BCUT2D eigenvalue weighted by atomic mass is 32.2. The fraction of sp³-hybridized carbons (Fsp3) is 0.875. The van der Waals surface area contributed by atoms with Crippen molar-refractivity contribution in [3.63, 3.8) is 0 Å². The highest BCUT2D eigenvalue weighted by Crippen LogP contribution is 1.93. The molecule has 7 nitrogen and oxygen atoms in total. The van der Waals surface area contributed by atoms with Crippen molar-refractivity contribution in [3.8, 4) is 0 Å². The molecule has 0 saturated heterocycles. The largest absolute Gasteiger partial charge is 0.446 e. The smallest absolute Gasteiger partial charge is 0.422 e. The normalized spacial score (nSPS) is 13.6. The zero-order valence-electron chi connectivity index (χ0n) is 9.69. The van der Waals surface area contributed by atoms with Gasteiger partial charge in [-0.15, -0.1) is 0 Å². The molecule has 4 N–H and O–H groups in total. The summed E-state index contributed by atoms with van der Waals surface area (Å²) in [4.78, 5) is 11.0. The molecule has 0 radical (unpaired) electrons. The zero-order valence-corrected chi connectivity index (χ0v) is 10.5. The minimum absolute atomic E-state index is 0.339. The number of rotatable bonds is 6. The molecule has 0 aliphatic rings. The van der Waals surface area contributed by atoms with Crippen LogP contribution in [0.2, 0.25) is 0 Å². The Kier molecular flexibility index (Phi) is 6.31. The summed E-state index contributed by atoms with van der Waals surface area (Å²) in [6, 6.07) is -0.339. The molecule has 1 atom stereocenters. The van der Waals surface area contributed by atoms with E-state index in [1.807, 2.05) is 0 Å². The predicted molar refractivity (Wildman–Crippen MR) is 59.9 cm³/mol. The van der Waals surface area contributed by atoms with Crippen LogP contribution in [0.15, 0.2) is 0 Å². The predicted octanol–water partition coefficient (Wildman–Crippen LogP) is -0.307. The maximum absolute atomic E-state index is 11.3. The highest BCUT2D eigenvalue weighted by molar-refractivity contribution is 7.88. The fourth-order valence-electron chi connectivity index (χ4n) is 0.951. The van der Waals surface area contributed by atoms with Gasteiger partial charge in [-0.25, -0.2) is 9.52 Å². The monoisotopic (exact) mass is 253 g/mol. The maximum Gasteiger partial charge on any atom is 0.422 e. The van der Waals surface area contributed by atoms with Crippen molar-refractivity contribution in [2.45, 2.75) is 39.3 Å². The van der Waals surface area contributed by atoms with Gasteiger partial charge in [-0.2, -0.15) is 13.1 Å². The second kappa shape index (κ2) is 6.66. The van der Waals surface area contributed by atoms with E-state index < -0.39 is 16.3 Å². The van der Waals surface area contributed by atoms with E-state index in [9.17, 15) is 13.2 Å². The van der Waals surface area contributed by atoms with Crippen molar-refractivity contribution in [1.82, 2.24) is 9.44 Å². The summed E-state index contributed by atoms with van der Waals surface area (Å²) in [7, 11) is -3.88. The van der Waals surface area contributed by atoms with Crippen LogP contribution in [0.25, 0.3) is 0 Å². The molecule has 96 valence electrons. The Balaban J connectivity index is 4.19. The van der Waals surface area contributed by atoms with Gasteiger partial charge in [0.15, 0.2) is 0 Å². The lowest BCUT2D eigenvalue weighted by molar-refractivity contribution is 0.121. The summed E-state index contributed by atoms with van der Waals surface area (Å²) >= 11 is 0. The Morgan fingerprint density at radius 2 is 1.94 bits per heavy atom. The number of hydrogen-bond donors (Lipinski definition) is 3. The second-order valence-electron chi connectivity index (χ2n) is 3.66. The van der Waals surface area contributed by atoms with Crippen LogP contribution in [0, 0.1) is 0 Å². The summed E-state index contributed by atoms with van der Waals surface area (Å²) in [5.41, 5.74) is 5.27. The van der Waals surface area contributed by atoms with Crippen LogP contribution in [0.5, 0.6) is 0 Å². The molecule has 0 rings (SSSR count). The van der Waals surface area contributed by atoms with Gasteiger partial charge in [-0.3, -0.25) is 0 Å². The van der Waals surface area contributed by atoms with Gasteiger partial charge in [-0.1, -0.05) is 0 Å². The van der Waals surface area contributed by atoms with Crippen molar-refractivity contribution < 1.29 is 17.9 Å². The third-order valence-electron chi connectivity index (χ3n) is 1.52. The first-order valence-corrected chi connectivity index (χ1v) is 6.46. The van der Waals surface area contributed by atoms with Crippen LogP contribution in [-0.2, 0) is 14.9 Å². The van der Waals surface area contributed by atoms with Crippen LogP contribution in [0.3, 0.4) is 0 Å². The van der Waals surface area contributed by atoms with Crippen LogP contribution in [0.1, 0.15) is 27.2 Å². The van der Waals surface area contributed by atoms with Crippen molar-refractivity contribution in [3.05, 3.63) is 0 Å². The van der Waals surface area contributed by atoms with E-state index >= 15 is 0 Å². The van der Waals surface area contributed by atoms with Crippen LogP contribution in [0.4, 0.5) is 4.79 Å². The molecule has 0 bridgehead atoms. The van der Waals surface area contributed by atoms with Crippen molar-refractivity contribution in [2.75, 3.05) is 6.54 Å². The first kappa shape index (κ1) is 15.1. The number of nitrogens with two attached hydrogens (primary N) is 1. The summed E-state index contributed by atoms with van der Waals surface area (Å²) < 4.78 is 31.3. The number of hydrogen-bond acceptors (Lipinski definition) is 5. The first-order chi connectivity index (χ1) is 7.26.